The Morgan fingerprint density at radius 1 is 0.349 bits per heavy atom. The van der Waals surface area contributed by atoms with Crippen LogP contribution in [0.4, 0.5) is 0 Å². The molecule has 0 rings (SSSR count). The Bertz CT molecular complexity index is 1370. The van der Waals surface area contributed by atoms with Crippen molar-refractivity contribution in [3.63, 3.8) is 0 Å². The maximum Gasteiger partial charge on any atom is 0.306 e. The van der Waals surface area contributed by atoms with E-state index >= 15 is 0 Å². The average Bonchev–Trinajstić information content (AvgIpc) is 3.28. The van der Waals surface area contributed by atoms with Gasteiger partial charge in [-0.15, -0.1) is 0 Å². The molecule has 0 saturated carbocycles. The largest absolute Gasteiger partial charge is 0.462 e. The van der Waals surface area contributed by atoms with Gasteiger partial charge in [0.05, 0.1) is 0 Å². The second kappa shape index (κ2) is 50.5. The van der Waals surface area contributed by atoms with Gasteiger partial charge in [0.1, 0.15) is 13.2 Å². The van der Waals surface area contributed by atoms with Crippen molar-refractivity contribution < 1.29 is 28.6 Å². The fourth-order valence-electron chi connectivity index (χ4n) is 6.29. The van der Waals surface area contributed by atoms with Gasteiger partial charge in [0.25, 0.3) is 0 Å². The molecule has 0 spiro atoms. The summed E-state index contributed by atoms with van der Waals surface area (Å²) in [5.41, 5.74) is 0. The van der Waals surface area contributed by atoms with Crippen LogP contribution in [0.1, 0.15) is 201 Å². The number of ether oxygens (including phenoxy) is 3. The highest BCUT2D eigenvalue weighted by molar-refractivity contribution is 5.71. The molecule has 1 atom stereocenters. The van der Waals surface area contributed by atoms with Gasteiger partial charge in [-0.1, -0.05) is 200 Å². The molecule has 354 valence electrons. The van der Waals surface area contributed by atoms with Crippen LogP contribution in [0, 0.1) is 0 Å². The van der Waals surface area contributed by atoms with Crippen LogP contribution in [0.15, 0.2) is 122 Å². The van der Waals surface area contributed by atoms with Crippen molar-refractivity contribution in [2.45, 2.75) is 207 Å². The van der Waals surface area contributed by atoms with Gasteiger partial charge in [0.2, 0.25) is 0 Å². The Kier molecular flexibility index (Phi) is 47.1. The fraction of sp³-hybridized carbons (Fsp3) is 0.596. The molecular weight excluding hydrogens is 781 g/mol. The Balaban J connectivity index is 4.55. The van der Waals surface area contributed by atoms with E-state index in [1.54, 1.807) is 0 Å². The highest BCUT2D eigenvalue weighted by Gasteiger charge is 2.19. The highest BCUT2D eigenvalue weighted by atomic mass is 16.6. The SMILES string of the molecule is CC/C=C/C=C/C=C/CCCCCCCC(=O)OCC(COC(=O)CCC/C=C/C/C=C/C/C=C/C/C=C/C/C=C/CC)OC(=O)CCCCCCCC/C=C/C=C/CCCCC. The van der Waals surface area contributed by atoms with Crippen molar-refractivity contribution in [3.05, 3.63) is 122 Å². The molecule has 0 amide bonds. The summed E-state index contributed by atoms with van der Waals surface area (Å²) in [6, 6.07) is 0. The highest BCUT2D eigenvalue weighted by Crippen LogP contribution is 2.12. The zero-order valence-electron chi connectivity index (χ0n) is 40.3. The van der Waals surface area contributed by atoms with Crippen molar-refractivity contribution in [1.29, 1.82) is 0 Å². The quantitative estimate of drug-likeness (QED) is 0.0200. The number of allylic oxidation sites excluding steroid dienone is 20. The first-order chi connectivity index (χ1) is 31.0. The molecule has 6 nitrogen and oxygen atoms in total. The Morgan fingerprint density at radius 3 is 1.21 bits per heavy atom. The molecular formula is C57H90O6. The smallest absolute Gasteiger partial charge is 0.306 e. The average molecular weight is 871 g/mol. The third kappa shape index (κ3) is 48.7. The lowest BCUT2D eigenvalue weighted by Gasteiger charge is -2.18. The molecule has 6 heteroatoms. The molecule has 0 aliphatic rings. The van der Waals surface area contributed by atoms with Gasteiger partial charge in [-0.05, 0) is 103 Å². The van der Waals surface area contributed by atoms with E-state index in [9.17, 15) is 14.4 Å². The fourth-order valence-corrected chi connectivity index (χ4v) is 6.29. The van der Waals surface area contributed by atoms with Crippen molar-refractivity contribution in [2.24, 2.45) is 0 Å². The lowest BCUT2D eigenvalue weighted by Crippen LogP contribution is -2.30. The predicted octanol–water partition coefficient (Wildman–Crippen LogP) is 16.5. The minimum absolute atomic E-state index is 0.115. The number of carbonyl (C=O) groups is 3. The monoisotopic (exact) mass is 871 g/mol. The van der Waals surface area contributed by atoms with E-state index in [4.69, 9.17) is 14.2 Å². The van der Waals surface area contributed by atoms with Crippen LogP contribution >= 0.6 is 0 Å². The number of rotatable bonds is 43. The van der Waals surface area contributed by atoms with Crippen molar-refractivity contribution in [1.82, 2.24) is 0 Å². The normalized spacial score (nSPS) is 13.1. The molecule has 0 fully saturated rings. The summed E-state index contributed by atoms with van der Waals surface area (Å²) in [6.07, 6.45) is 69.0. The van der Waals surface area contributed by atoms with Gasteiger partial charge in [0.15, 0.2) is 6.10 Å². The molecule has 0 bridgehead atoms. The first-order valence-electron chi connectivity index (χ1n) is 25.1. The Morgan fingerprint density at radius 2 is 0.714 bits per heavy atom. The zero-order valence-corrected chi connectivity index (χ0v) is 40.3. The molecule has 1 unspecified atom stereocenters. The van der Waals surface area contributed by atoms with Crippen LogP contribution < -0.4 is 0 Å². The van der Waals surface area contributed by atoms with Crippen molar-refractivity contribution >= 4 is 17.9 Å². The third-order valence-corrected chi connectivity index (χ3v) is 10.0. The van der Waals surface area contributed by atoms with Gasteiger partial charge in [-0.3, -0.25) is 14.4 Å². The summed E-state index contributed by atoms with van der Waals surface area (Å²) in [7, 11) is 0. The molecule has 0 saturated heterocycles. The van der Waals surface area contributed by atoms with Crippen LogP contribution in [-0.2, 0) is 28.6 Å². The minimum Gasteiger partial charge on any atom is -0.462 e. The second-order valence-electron chi connectivity index (χ2n) is 16.0. The molecule has 0 aromatic rings. The minimum atomic E-state index is -0.818. The summed E-state index contributed by atoms with van der Waals surface area (Å²) in [5, 5.41) is 0. The van der Waals surface area contributed by atoms with E-state index in [-0.39, 0.29) is 37.5 Å². The van der Waals surface area contributed by atoms with Gasteiger partial charge in [0, 0.05) is 19.3 Å². The lowest BCUT2D eigenvalue weighted by molar-refractivity contribution is -0.167. The first-order valence-corrected chi connectivity index (χ1v) is 25.1. The molecule has 0 aliphatic carbocycles. The van der Waals surface area contributed by atoms with Crippen LogP contribution in [0.5, 0.6) is 0 Å². The first kappa shape index (κ1) is 58.8. The number of carbonyl (C=O) groups excluding carboxylic acids is 3. The van der Waals surface area contributed by atoms with Crippen LogP contribution in [0.25, 0.3) is 0 Å². The van der Waals surface area contributed by atoms with Crippen LogP contribution in [0.3, 0.4) is 0 Å². The second-order valence-corrected chi connectivity index (χ2v) is 16.0. The molecule has 0 aromatic heterocycles. The lowest BCUT2D eigenvalue weighted by atomic mass is 10.1. The van der Waals surface area contributed by atoms with E-state index in [0.29, 0.717) is 19.3 Å². The van der Waals surface area contributed by atoms with E-state index in [0.717, 1.165) is 122 Å². The molecule has 0 N–H and O–H groups in total. The van der Waals surface area contributed by atoms with Crippen molar-refractivity contribution in [3.8, 4) is 0 Å². The van der Waals surface area contributed by atoms with E-state index in [1.807, 2.05) is 6.08 Å². The Labute approximate surface area is 386 Å². The van der Waals surface area contributed by atoms with Gasteiger partial charge < -0.3 is 14.2 Å². The summed E-state index contributed by atoms with van der Waals surface area (Å²) >= 11 is 0. The van der Waals surface area contributed by atoms with E-state index in [1.165, 1.54) is 32.1 Å². The van der Waals surface area contributed by atoms with Crippen LogP contribution in [-0.4, -0.2) is 37.2 Å². The number of hydrogen-bond donors (Lipinski definition) is 0. The molecule has 0 radical (unpaired) electrons. The predicted molar refractivity (Wildman–Crippen MR) is 269 cm³/mol. The standard InChI is InChI=1S/C57H90O6/c1-4-7-10-13-16-19-22-25-27-28-30-32-35-38-41-44-47-50-56(59)62-53-54(52-61-55(58)49-46-43-40-37-34-31-24-21-18-15-12-9-6-3)63-57(60)51-48-45-42-39-36-33-29-26-23-20-17-14-11-8-5-2/h7,9-10,12,15-21,23-27,30,32,38,41,54H,4-6,8,11,13-14,22,28-29,31,33-37,39-40,42-53H2,1-3H3/b10-7+,12-9+,18-15+,19-16+,20-17+,24-21+,26-23+,27-25+,32-30+,41-38+. The number of esters is 3. The summed E-state index contributed by atoms with van der Waals surface area (Å²) in [5.74, 6) is -1.02. The summed E-state index contributed by atoms with van der Waals surface area (Å²) in [6.45, 7) is 6.26. The Hall–Kier alpha value is -4.19. The van der Waals surface area contributed by atoms with Crippen molar-refractivity contribution in [2.75, 3.05) is 13.2 Å². The maximum atomic E-state index is 12.8. The van der Waals surface area contributed by atoms with Gasteiger partial charge in [-0.2, -0.15) is 0 Å². The maximum absolute atomic E-state index is 12.8. The third-order valence-electron chi connectivity index (χ3n) is 10.0. The van der Waals surface area contributed by atoms with Gasteiger partial charge >= 0.3 is 17.9 Å². The summed E-state index contributed by atoms with van der Waals surface area (Å²) in [4.78, 5) is 37.9. The van der Waals surface area contributed by atoms with E-state index in [2.05, 4.69) is 136 Å². The topological polar surface area (TPSA) is 78.9 Å². The number of hydrogen-bond acceptors (Lipinski definition) is 6. The van der Waals surface area contributed by atoms with Gasteiger partial charge in [-0.25, -0.2) is 0 Å². The van der Waals surface area contributed by atoms with Crippen LogP contribution in [0.2, 0.25) is 0 Å². The van der Waals surface area contributed by atoms with E-state index < -0.39 is 6.10 Å². The molecule has 0 aliphatic heterocycles. The zero-order chi connectivity index (χ0) is 45.8. The summed E-state index contributed by atoms with van der Waals surface area (Å²) < 4.78 is 16.7. The molecule has 0 aromatic carbocycles. The number of unbranched alkanes of at least 4 members (excludes halogenated alkanes) is 15. The molecule has 0 heterocycles. The molecule has 63 heavy (non-hydrogen) atoms.